The summed E-state index contributed by atoms with van der Waals surface area (Å²) in [7, 11) is -3.64. The number of benzene rings is 3. The van der Waals surface area contributed by atoms with Gasteiger partial charge in [0, 0.05) is 0 Å². The zero-order valence-corrected chi connectivity index (χ0v) is 17.4. The van der Waals surface area contributed by atoms with Crippen LogP contribution < -0.4 is 5.32 Å². The van der Waals surface area contributed by atoms with Crippen LogP contribution in [0.3, 0.4) is 0 Å². The Bertz CT molecular complexity index is 1140. The highest BCUT2D eigenvalue weighted by atomic mass is 32.2. The lowest BCUT2D eigenvalue weighted by Crippen LogP contribution is -2.31. The minimum absolute atomic E-state index is 0.156. The molecule has 0 radical (unpaired) electrons. The Hall–Kier alpha value is -3.19. The maximum atomic E-state index is 12.5. The zero-order valence-electron chi connectivity index (χ0n) is 16.6. The summed E-state index contributed by atoms with van der Waals surface area (Å²) in [4.78, 5) is 24.1. The molecule has 0 spiro atoms. The van der Waals surface area contributed by atoms with Crippen LogP contribution in [-0.4, -0.2) is 32.7 Å². The molecule has 0 fully saturated rings. The summed E-state index contributed by atoms with van der Waals surface area (Å²) in [5.41, 5.74) is 0.929. The van der Waals surface area contributed by atoms with Crippen LogP contribution in [0.25, 0.3) is 10.8 Å². The van der Waals surface area contributed by atoms with Gasteiger partial charge in [-0.05, 0) is 35.4 Å². The molecule has 0 bridgehead atoms. The Labute approximate surface area is 175 Å². The Morgan fingerprint density at radius 1 is 0.933 bits per heavy atom. The molecule has 0 aliphatic rings. The van der Waals surface area contributed by atoms with Crippen LogP contribution in [0.5, 0.6) is 0 Å². The summed E-state index contributed by atoms with van der Waals surface area (Å²) in [6.45, 7) is 1.37. The van der Waals surface area contributed by atoms with E-state index in [-0.39, 0.29) is 23.1 Å². The number of amides is 1. The quantitative estimate of drug-likeness (QED) is 0.559. The molecule has 0 aliphatic carbocycles. The van der Waals surface area contributed by atoms with Gasteiger partial charge < -0.3 is 10.1 Å². The lowest BCUT2D eigenvalue weighted by atomic mass is 10.1. The fraction of sp³-hybridized carbons (Fsp3) is 0.217. The van der Waals surface area contributed by atoms with E-state index in [0.717, 1.165) is 16.3 Å². The first kappa shape index (κ1) is 21.5. The second kappa shape index (κ2) is 9.54. The maximum Gasteiger partial charge on any atom is 0.307 e. The Morgan fingerprint density at radius 2 is 1.60 bits per heavy atom. The van der Waals surface area contributed by atoms with Gasteiger partial charge in [-0.1, -0.05) is 60.7 Å². The molecule has 0 unspecified atom stereocenters. The van der Waals surface area contributed by atoms with Gasteiger partial charge in [-0.3, -0.25) is 9.59 Å². The third-order valence-corrected chi connectivity index (χ3v) is 6.41. The Morgan fingerprint density at radius 3 is 2.33 bits per heavy atom. The normalized spacial score (nSPS) is 12.3. The van der Waals surface area contributed by atoms with Crippen LogP contribution in [-0.2, 0) is 24.2 Å². The first-order valence-corrected chi connectivity index (χ1v) is 11.2. The first-order chi connectivity index (χ1) is 14.3. The standard InChI is InChI=1S/C23H23NO5S/c1-17(18-7-3-2-4-8-18)24-22(25)16-29-23(26)13-14-30(27,28)21-12-11-19-9-5-6-10-20(19)15-21/h2-12,15,17H,13-14,16H2,1H3,(H,24,25)/t17-/m1/s1. The molecule has 0 heterocycles. The van der Waals surface area contributed by atoms with Crippen molar-refractivity contribution in [2.75, 3.05) is 12.4 Å². The molecule has 156 valence electrons. The van der Waals surface area contributed by atoms with Crippen molar-refractivity contribution < 1.29 is 22.7 Å². The monoisotopic (exact) mass is 425 g/mol. The van der Waals surface area contributed by atoms with E-state index in [1.165, 1.54) is 6.07 Å². The van der Waals surface area contributed by atoms with Crippen LogP contribution >= 0.6 is 0 Å². The van der Waals surface area contributed by atoms with Gasteiger partial charge in [0.15, 0.2) is 16.4 Å². The lowest BCUT2D eigenvalue weighted by Gasteiger charge is -2.14. The van der Waals surface area contributed by atoms with E-state index in [9.17, 15) is 18.0 Å². The van der Waals surface area contributed by atoms with Crippen molar-refractivity contribution in [1.82, 2.24) is 5.32 Å². The maximum absolute atomic E-state index is 12.5. The Balaban J connectivity index is 1.49. The highest BCUT2D eigenvalue weighted by molar-refractivity contribution is 7.91. The van der Waals surface area contributed by atoms with Gasteiger partial charge in [0.25, 0.3) is 5.91 Å². The van der Waals surface area contributed by atoms with Gasteiger partial charge >= 0.3 is 5.97 Å². The fourth-order valence-corrected chi connectivity index (χ4v) is 4.28. The van der Waals surface area contributed by atoms with Crippen molar-refractivity contribution in [2.45, 2.75) is 24.3 Å². The molecule has 3 aromatic carbocycles. The summed E-state index contributed by atoms with van der Waals surface area (Å²) in [5, 5.41) is 4.48. The zero-order chi connectivity index (χ0) is 21.6. The third kappa shape index (κ3) is 5.67. The molecular weight excluding hydrogens is 402 g/mol. The number of fused-ring (bicyclic) bond motifs is 1. The van der Waals surface area contributed by atoms with Gasteiger partial charge in [0.1, 0.15) is 0 Å². The van der Waals surface area contributed by atoms with Gasteiger partial charge in [-0.15, -0.1) is 0 Å². The van der Waals surface area contributed by atoms with Gasteiger partial charge in [-0.25, -0.2) is 8.42 Å². The van der Waals surface area contributed by atoms with Crippen LogP contribution in [0, 0.1) is 0 Å². The predicted molar refractivity (Wildman–Crippen MR) is 115 cm³/mol. The molecule has 0 saturated carbocycles. The van der Waals surface area contributed by atoms with Crippen LogP contribution in [0.15, 0.2) is 77.7 Å². The van der Waals surface area contributed by atoms with E-state index in [1.54, 1.807) is 12.1 Å². The highest BCUT2D eigenvalue weighted by Crippen LogP contribution is 2.20. The van der Waals surface area contributed by atoms with Crippen molar-refractivity contribution in [2.24, 2.45) is 0 Å². The van der Waals surface area contributed by atoms with Crippen molar-refractivity contribution in [3.8, 4) is 0 Å². The SMILES string of the molecule is C[C@@H](NC(=O)COC(=O)CCS(=O)(=O)c1ccc2ccccc2c1)c1ccccc1. The number of carbonyl (C=O) groups excluding carboxylic acids is 2. The molecule has 1 atom stereocenters. The second-order valence-electron chi connectivity index (χ2n) is 6.94. The number of ether oxygens (including phenoxy) is 1. The van der Waals surface area contributed by atoms with Gasteiger partial charge in [0.2, 0.25) is 0 Å². The topological polar surface area (TPSA) is 89.5 Å². The summed E-state index contributed by atoms with van der Waals surface area (Å²) in [6, 6.07) is 21.4. The molecule has 7 heteroatoms. The van der Waals surface area contributed by atoms with E-state index in [4.69, 9.17) is 4.74 Å². The third-order valence-electron chi connectivity index (χ3n) is 4.70. The predicted octanol–water partition coefficient (Wildman–Crippen LogP) is 3.42. The first-order valence-electron chi connectivity index (χ1n) is 9.57. The minimum Gasteiger partial charge on any atom is -0.456 e. The van der Waals surface area contributed by atoms with Crippen molar-refractivity contribution in [3.05, 3.63) is 78.4 Å². The minimum atomic E-state index is -3.64. The second-order valence-corrected chi connectivity index (χ2v) is 9.05. The van der Waals surface area contributed by atoms with Crippen LogP contribution in [0.4, 0.5) is 0 Å². The number of carbonyl (C=O) groups is 2. The van der Waals surface area contributed by atoms with Crippen LogP contribution in [0.1, 0.15) is 24.9 Å². The molecular formula is C23H23NO5S. The van der Waals surface area contributed by atoms with E-state index >= 15 is 0 Å². The number of esters is 1. The van der Waals surface area contributed by atoms with E-state index in [1.807, 2.05) is 61.5 Å². The van der Waals surface area contributed by atoms with Crippen molar-refractivity contribution in [3.63, 3.8) is 0 Å². The number of rotatable bonds is 8. The fourth-order valence-electron chi connectivity index (χ4n) is 3.02. The van der Waals surface area contributed by atoms with Gasteiger partial charge in [0.05, 0.1) is 23.1 Å². The smallest absolute Gasteiger partial charge is 0.307 e. The molecule has 3 aromatic rings. The molecule has 0 aromatic heterocycles. The molecule has 1 amide bonds. The van der Waals surface area contributed by atoms with Crippen molar-refractivity contribution in [1.29, 1.82) is 0 Å². The van der Waals surface area contributed by atoms with Gasteiger partial charge in [-0.2, -0.15) is 0 Å². The number of sulfone groups is 1. The van der Waals surface area contributed by atoms with E-state index < -0.39 is 28.3 Å². The van der Waals surface area contributed by atoms with E-state index in [2.05, 4.69) is 5.32 Å². The van der Waals surface area contributed by atoms with Crippen LogP contribution in [0.2, 0.25) is 0 Å². The summed E-state index contributed by atoms with van der Waals surface area (Å²) in [5.74, 6) is -1.56. The number of hydrogen-bond acceptors (Lipinski definition) is 5. The average molecular weight is 426 g/mol. The molecule has 0 aliphatic heterocycles. The molecule has 3 rings (SSSR count). The Kier molecular flexibility index (Phi) is 6.84. The summed E-state index contributed by atoms with van der Waals surface area (Å²) < 4.78 is 30.0. The molecule has 6 nitrogen and oxygen atoms in total. The average Bonchev–Trinajstić information content (AvgIpc) is 2.76. The molecule has 0 saturated heterocycles. The number of hydrogen-bond donors (Lipinski definition) is 1. The molecule has 30 heavy (non-hydrogen) atoms. The summed E-state index contributed by atoms with van der Waals surface area (Å²) in [6.07, 6.45) is -0.323. The number of nitrogens with one attached hydrogen (secondary N) is 1. The lowest BCUT2D eigenvalue weighted by molar-refractivity contribution is -0.148. The summed E-state index contributed by atoms with van der Waals surface area (Å²) >= 11 is 0. The van der Waals surface area contributed by atoms with E-state index in [0.29, 0.717) is 0 Å². The van der Waals surface area contributed by atoms with Crippen molar-refractivity contribution >= 4 is 32.5 Å². The molecule has 1 N–H and O–H groups in total. The highest BCUT2D eigenvalue weighted by Gasteiger charge is 2.18. The largest absolute Gasteiger partial charge is 0.456 e.